The minimum atomic E-state index is 0. The molecule has 0 atom stereocenters. The predicted molar refractivity (Wildman–Crippen MR) is 140 cm³/mol. The average Bonchev–Trinajstić information content (AvgIpc) is 3.57. The van der Waals surface area contributed by atoms with Crippen molar-refractivity contribution in [2.24, 2.45) is 0 Å². The Balaban J connectivity index is 0.000000254. The molecule has 172 valence electrons. The van der Waals surface area contributed by atoms with Crippen molar-refractivity contribution in [3.8, 4) is 0 Å². The summed E-state index contributed by atoms with van der Waals surface area (Å²) < 4.78 is 0. The van der Waals surface area contributed by atoms with Crippen molar-refractivity contribution in [1.82, 2.24) is 0 Å². The van der Waals surface area contributed by atoms with E-state index >= 15 is 0 Å². The van der Waals surface area contributed by atoms with Gasteiger partial charge in [-0.25, -0.2) is 23.3 Å². The zero-order valence-corrected chi connectivity index (χ0v) is 23.1. The molecule has 1 heteroatoms. The Morgan fingerprint density at radius 3 is 1.27 bits per heavy atom. The molecule has 0 bridgehead atoms. The van der Waals surface area contributed by atoms with Gasteiger partial charge in [-0.2, -0.15) is 12.2 Å². The van der Waals surface area contributed by atoms with Crippen molar-refractivity contribution in [2.45, 2.75) is 78.1 Å². The van der Waals surface area contributed by atoms with E-state index in [0.717, 1.165) is 25.7 Å². The van der Waals surface area contributed by atoms with Crippen molar-refractivity contribution in [3.05, 3.63) is 119 Å². The molecule has 0 nitrogen and oxygen atoms in total. The van der Waals surface area contributed by atoms with Crippen LogP contribution in [0.2, 0.25) is 0 Å². The third-order valence-corrected chi connectivity index (χ3v) is 5.52. The summed E-state index contributed by atoms with van der Waals surface area (Å²) in [6.45, 7) is 4.44. The standard InChI is InChI=1S/C14H14.2C9H13.Zr/c1-3-7-13(8-4-1)11-12-14-9-5-2-6-10-14;2*1-2-3-6-9-7-4-5-8-9;/h1-10H,11-12H2;2*4,7H,2-3,5-6H2,1H3;/q;2*-1;+2. The minimum absolute atomic E-state index is 0. The number of aryl methyl sites for hydroxylation is 2. The molecule has 0 heterocycles. The van der Waals surface area contributed by atoms with Crippen LogP contribution >= 0.6 is 0 Å². The van der Waals surface area contributed by atoms with Gasteiger partial charge in [0.25, 0.3) is 0 Å². The number of allylic oxidation sites excluding steroid dienone is 8. The van der Waals surface area contributed by atoms with Crippen molar-refractivity contribution < 1.29 is 26.2 Å². The molecule has 0 N–H and O–H groups in total. The molecule has 0 amide bonds. The normalized spacial score (nSPS) is 13.2. The molecule has 0 aliphatic heterocycles. The van der Waals surface area contributed by atoms with E-state index in [9.17, 15) is 0 Å². The van der Waals surface area contributed by atoms with Gasteiger partial charge in [-0.15, -0.1) is 12.8 Å². The van der Waals surface area contributed by atoms with Crippen LogP contribution in [0.5, 0.6) is 0 Å². The van der Waals surface area contributed by atoms with Crippen LogP contribution in [-0.4, -0.2) is 0 Å². The molecule has 2 aliphatic carbocycles. The van der Waals surface area contributed by atoms with Gasteiger partial charge in [0.05, 0.1) is 0 Å². The van der Waals surface area contributed by atoms with E-state index in [2.05, 4.69) is 111 Å². The molecule has 0 spiro atoms. The number of rotatable bonds is 9. The van der Waals surface area contributed by atoms with Crippen LogP contribution in [0.25, 0.3) is 0 Å². The van der Waals surface area contributed by atoms with Crippen LogP contribution in [0.15, 0.2) is 96.1 Å². The first-order chi connectivity index (χ1) is 15.8. The monoisotopic (exact) mass is 514 g/mol. The zero-order valence-electron chi connectivity index (χ0n) is 20.7. The van der Waals surface area contributed by atoms with E-state index in [0.29, 0.717) is 0 Å². The Kier molecular flexibility index (Phi) is 17.5. The molecular formula is C32H40Zr. The molecule has 0 radical (unpaired) electrons. The summed E-state index contributed by atoms with van der Waals surface area (Å²) in [6.07, 6.45) is 27.3. The Morgan fingerprint density at radius 2 is 0.970 bits per heavy atom. The van der Waals surface area contributed by atoms with Gasteiger partial charge >= 0.3 is 26.2 Å². The maximum Gasteiger partial charge on any atom is 2.00 e. The smallest absolute Gasteiger partial charge is 0.269 e. The van der Waals surface area contributed by atoms with E-state index in [-0.39, 0.29) is 26.2 Å². The van der Waals surface area contributed by atoms with Gasteiger partial charge in [0, 0.05) is 0 Å². The van der Waals surface area contributed by atoms with Gasteiger partial charge in [-0.3, -0.25) is 12.2 Å². The first kappa shape index (κ1) is 29.3. The van der Waals surface area contributed by atoms with Crippen LogP contribution in [0, 0.1) is 12.2 Å². The second kappa shape index (κ2) is 19.7. The van der Waals surface area contributed by atoms with Crippen LogP contribution < -0.4 is 0 Å². The van der Waals surface area contributed by atoms with Crippen molar-refractivity contribution in [2.75, 3.05) is 0 Å². The minimum Gasteiger partial charge on any atom is -0.269 e. The number of hydrogen-bond donors (Lipinski definition) is 0. The molecular weight excluding hydrogens is 476 g/mol. The maximum atomic E-state index is 3.30. The second-order valence-corrected chi connectivity index (χ2v) is 8.30. The SMILES string of the molecule is CCCCC1=[C-]CC=C1.CCCCC1=[C-]CC=C1.[Zr+2].c1ccc(CCc2ccccc2)cc1. The fourth-order valence-corrected chi connectivity index (χ4v) is 3.56. The summed E-state index contributed by atoms with van der Waals surface area (Å²) in [5, 5.41) is 0. The van der Waals surface area contributed by atoms with Gasteiger partial charge < -0.3 is 0 Å². The van der Waals surface area contributed by atoms with E-state index in [1.54, 1.807) is 0 Å². The molecule has 2 aromatic rings. The van der Waals surface area contributed by atoms with E-state index < -0.39 is 0 Å². The van der Waals surface area contributed by atoms with E-state index in [4.69, 9.17) is 0 Å². The van der Waals surface area contributed by atoms with Crippen LogP contribution in [-0.2, 0) is 39.0 Å². The van der Waals surface area contributed by atoms with Crippen LogP contribution in [0.4, 0.5) is 0 Å². The fraction of sp³-hybridized carbons (Fsp3) is 0.375. The molecule has 0 saturated carbocycles. The summed E-state index contributed by atoms with van der Waals surface area (Å²) in [5.41, 5.74) is 5.65. The first-order valence-corrected chi connectivity index (χ1v) is 12.4. The van der Waals surface area contributed by atoms with E-state index in [1.807, 2.05) is 0 Å². The maximum absolute atomic E-state index is 3.30. The fourth-order valence-electron chi connectivity index (χ4n) is 3.56. The molecule has 2 aliphatic rings. The topological polar surface area (TPSA) is 0 Å². The average molecular weight is 516 g/mol. The molecule has 0 fully saturated rings. The first-order valence-electron chi connectivity index (χ1n) is 12.4. The summed E-state index contributed by atoms with van der Waals surface area (Å²) in [4.78, 5) is 0. The van der Waals surface area contributed by atoms with Crippen molar-refractivity contribution >= 4 is 0 Å². The largest absolute Gasteiger partial charge is 2.00 e. The number of benzene rings is 2. The van der Waals surface area contributed by atoms with Crippen molar-refractivity contribution in [1.29, 1.82) is 0 Å². The van der Waals surface area contributed by atoms with Gasteiger partial charge in [0.15, 0.2) is 0 Å². The van der Waals surface area contributed by atoms with Gasteiger partial charge in [-0.1, -0.05) is 113 Å². The van der Waals surface area contributed by atoms with E-state index in [1.165, 1.54) is 60.8 Å². The zero-order chi connectivity index (χ0) is 22.7. The second-order valence-electron chi connectivity index (χ2n) is 8.30. The molecule has 2 aromatic carbocycles. The number of hydrogen-bond acceptors (Lipinski definition) is 0. The Morgan fingerprint density at radius 1 is 0.576 bits per heavy atom. The number of unbranched alkanes of at least 4 members (excludes halogenated alkanes) is 2. The molecule has 0 aromatic heterocycles. The molecule has 33 heavy (non-hydrogen) atoms. The van der Waals surface area contributed by atoms with Crippen molar-refractivity contribution in [3.63, 3.8) is 0 Å². The Bertz CT molecular complexity index is 767. The van der Waals surface area contributed by atoms with Crippen LogP contribution in [0.1, 0.15) is 76.3 Å². The summed E-state index contributed by atoms with van der Waals surface area (Å²) in [7, 11) is 0. The summed E-state index contributed by atoms with van der Waals surface area (Å²) in [6, 6.07) is 21.2. The Labute approximate surface area is 222 Å². The third kappa shape index (κ3) is 14.2. The quantitative estimate of drug-likeness (QED) is 0.292. The Hall–Kier alpha value is -1.72. The van der Waals surface area contributed by atoms with Crippen LogP contribution in [0.3, 0.4) is 0 Å². The van der Waals surface area contributed by atoms with Gasteiger partial charge in [0.2, 0.25) is 0 Å². The third-order valence-electron chi connectivity index (χ3n) is 5.52. The van der Waals surface area contributed by atoms with Gasteiger partial charge in [0.1, 0.15) is 0 Å². The summed E-state index contributed by atoms with van der Waals surface area (Å²) in [5.74, 6) is 0. The predicted octanol–water partition coefficient (Wildman–Crippen LogP) is 9.20. The molecule has 0 saturated heterocycles. The van der Waals surface area contributed by atoms with Gasteiger partial charge in [-0.05, 0) is 24.0 Å². The summed E-state index contributed by atoms with van der Waals surface area (Å²) >= 11 is 0. The molecule has 0 unspecified atom stereocenters. The molecule has 4 rings (SSSR count).